The Bertz CT molecular complexity index is 125. The molecule has 0 aromatic carbocycles. The summed E-state index contributed by atoms with van der Waals surface area (Å²) < 4.78 is 0. The maximum absolute atomic E-state index is 9.41. The number of piperidine rings is 1. The highest BCUT2D eigenvalue weighted by molar-refractivity contribution is 4.83. The second-order valence-corrected chi connectivity index (χ2v) is 3.39. The lowest BCUT2D eigenvalue weighted by molar-refractivity contribution is -0.0308. The van der Waals surface area contributed by atoms with Crippen LogP contribution < -0.4 is 5.73 Å². The molecule has 0 saturated carbocycles. The monoisotopic (exact) mass is 144 g/mol. The third kappa shape index (κ3) is 1.68. The molecule has 0 spiro atoms. The van der Waals surface area contributed by atoms with Gasteiger partial charge in [0.1, 0.15) is 5.72 Å². The van der Waals surface area contributed by atoms with Gasteiger partial charge in [0.15, 0.2) is 0 Å². The van der Waals surface area contributed by atoms with E-state index in [4.69, 9.17) is 5.73 Å². The maximum atomic E-state index is 9.41. The average molecular weight is 144 g/mol. The number of hydrogen-bond acceptors (Lipinski definition) is 3. The maximum Gasteiger partial charge on any atom is 0.116 e. The van der Waals surface area contributed by atoms with Gasteiger partial charge in [-0.1, -0.05) is 0 Å². The van der Waals surface area contributed by atoms with Crippen molar-refractivity contribution in [3.63, 3.8) is 0 Å². The third-order valence-electron chi connectivity index (χ3n) is 2.30. The van der Waals surface area contributed by atoms with Gasteiger partial charge >= 0.3 is 0 Å². The van der Waals surface area contributed by atoms with E-state index in [2.05, 4.69) is 18.9 Å². The summed E-state index contributed by atoms with van der Waals surface area (Å²) in [6.07, 6.45) is 1.37. The van der Waals surface area contributed by atoms with E-state index < -0.39 is 5.72 Å². The van der Waals surface area contributed by atoms with Crippen LogP contribution in [0.3, 0.4) is 0 Å². The summed E-state index contributed by atoms with van der Waals surface area (Å²) in [7, 11) is 2.06. The first-order valence-electron chi connectivity index (χ1n) is 3.73. The topological polar surface area (TPSA) is 49.5 Å². The summed E-state index contributed by atoms with van der Waals surface area (Å²) in [5, 5.41) is 9.41. The van der Waals surface area contributed by atoms with Gasteiger partial charge in [0, 0.05) is 25.4 Å². The normalized spacial score (nSPS) is 43.8. The zero-order chi connectivity index (χ0) is 7.78. The number of aliphatic hydroxyl groups is 1. The molecule has 0 amide bonds. The van der Waals surface area contributed by atoms with Crippen LogP contribution in [-0.4, -0.2) is 35.4 Å². The molecule has 0 aromatic heterocycles. The number of likely N-dealkylation sites (tertiary alicyclic amines) is 1. The van der Waals surface area contributed by atoms with Crippen molar-refractivity contribution in [3.05, 3.63) is 0 Å². The second-order valence-electron chi connectivity index (χ2n) is 3.39. The molecule has 0 aliphatic carbocycles. The molecule has 1 fully saturated rings. The summed E-state index contributed by atoms with van der Waals surface area (Å²) in [5.41, 5.74) is 4.65. The van der Waals surface area contributed by atoms with Crippen molar-refractivity contribution in [2.45, 2.75) is 31.5 Å². The van der Waals surface area contributed by atoms with Gasteiger partial charge in [-0.2, -0.15) is 0 Å². The second kappa shape index (κ2) is 2.49. The minimum Gasteiger partial charge on any atom is -0.376 e. The Morgan fingerprint density at radius 2 is 2.30 bits per heavy atom. The van der Waals surface area contributed by atoms with E-state index >= 15 is 0 Å². The van der Waals surface area contributed by atoms with E-state index in [1.54, 1.807) is 0 Å². The van der Waals surface area contributed by atoms with Crippen LogP contribution in [0.1, 0.15) is 19.8 Å². The molecule has 2 unspecified atom stereocenters. The van der Waals surface area contributed by atoms with Crippen LogP contribution in [0.15, 0.2) is 0 Å². The quantitative estimate of drug-likeness (QED) is 0.461. The predicted octanol–water partition coefficient (Wildman–Crippen LogP) is -0.252. The zero-order valence-electron chi connectivity index (χ0n) is 6.67. The summed E-state index contributed by atoms with van der Waals surface area (Å²) in [4.78, 5) is 2.21. The van der Waals surface area contributed by atoms with E-state index in [1.165, 1.54) is 0 Å². The summed E-state index contributed by atoms with van der Waals surface area (Å²) in [6, 6.07) is 0.406. The summed E-state index contributed by atoms with van der Waals surface area (Å²) in [5.74, 6) is 0. The molecule has 1 aliphatic heterocycles. The van der Waals surface area contributed by atoms with Crippen molar-refractivity contribution >= 4 is 0 Å². The summed E-state index contributed by atoms with van der Waals surface area (Å²) >= 11 is 0. The fourth-order valence-corrected chi connectivity index (χ4v) is 1.36. The van der Waals surface area contributed by atoms with Gasteiger partial charge in [0.2, 0.25) is 0 Å². The van der Waals surface area contributed by atoms with Crippen molar-refractivity contribution < 1.29 is 5.11 Å². The lowest BCUT2D eigenvalue weighted by atomic mass is 9.96. The van der Waals surface area contributed by atoms with E-state index in [0.29, 0.717) is 18.9 Å². The molecular formula is C7H16N2O. The number of nitrogens with two attached hydrogens (primary N) is 1. The van der Waals surface area contributed by atoms with Gasteiger partial charge < -0.3 is 15.7 Å². The Morgan fingerprint density at radius 1 is 1.70 bits per heavy atom. The average Bonchev–Trinajstić information content (AvgIpc) is 1.79. The van der Waals surface area contributed by atoms with Crippen molar-refractivity contribution in [3.8, 4) is 0 Å². The van der Waals surface area contributed by atoms with Gasteiger partial charge in [-0.25, -0.2) is 0 Å². The molecule has 3 N–H and O–H groups in total. The largest absolute Gasteiger partial charge is 0.376 e. The van der Waals surface area contributed by atoms with E-state index in [0.717, 1.165) is 6.54 Å². The summed E-state index contributed by atoms with van der Waals surface area (Å²) in [6.45, 7) is 2.98. The highest BCUT2D eigenvalue weighted by Gasteiger charge is 2.30. The Kier molecular flexibility index (Phi) is 1.99. The predicted molar refractivity (Wildman–Crippen MR) is 40.5 cm³/mol. The van der Waals surface area contributed by atoms with Crippen molar-refractivity contribution in [1.29, 1.82) is 0 Å². The Morgan fingerprint density at radius 3 is 2.70 bits per heavy atom. The van der Waals surface area contributed by atoms with Crippen LogP contribution in [0.5, 0.6) is 0 Å². The molecule has 1 aliphatic rings. The Labute approximate surface area is 61.8 Å². The van der Waals surface area contributed by atoms with Crippen LogP contribution in [0.4, 0.5) is 0 Å². The van der Waals surface area contributed by atoms with Crippen LogP contribution in [0.2, 0.25) is 0 Å². The van der Waals surface area contributed by atoms with E-state index in [9.17, 15) is 5.11 Å². The molecule has 0 bridgehead atoms. The molecule has 60 valence electrons. The van der Waals surface area contributed by atoms with Crippen LogP contribution >= 0.6 is 0 Å². The van der Waals surface area contributed by atoms with Gasteiger partial charge in [0.05, 0.1) is 0 Å². The lowest BCUT2D eigenvalue weighted by Gasteiger charge is -2.38. The molecule has 2 atom stereocenters. The van der Waals surface area contributed by atoms with Gasteiger partial charge in [-0.3, -0.25) is 0 Å². The smallest absolute Gasteiger partial charge is 0.116 e. The zero-order valence-corrected chi connectivity index (χ0v) is 6.67. The Hall–Kier alpha value is -0.120. The minimum atomic E-state index is -0.911. The van der Waals surface area contributed by atoms with Crippen LogP contribution in [0, 0.1) is 0 Å². The SMILES string of the molecule is CC1CC(N)(O)CCN1C. The van der Waals surface area contributed by atoms with E-state index in [1.807, 2.05) is 0 Å². The van der Waals surface area contributed by atoms with E-state index in [-0.39, 0.29) is 0 Å². The van der Waals surface area contributed by atoms with Crippen molar-refractivity contribution in [2.75, 3.05) is 13.6 Å². The standard InChI is InChI=1S/C7H16N2O/c1-6-5-7(8,10)3-4-9(6)2/h6,10H,3-5,8H2,1-2H3. The fraction of sp³-hybridized carbons (Fsp3) is 1.00. The highest BCUT2D eigenvalue weighted by Crippen LogP contribution is 2.20. The number of hydrogen-bond donors (Lipinski definition) is 2. The van der Waals surface area contributed by atoms with Gasteiger partial charge in [0.25, 0.3) is 0 Å². The molecule has 1 saturated heterocycles. The first kappa shape index (κ1) is 7.98. The Balaban J connectivity index is 2.49. The number of nitrogens with zero attached hydrogens (tertiary/aromatic N) is 1. The molecular weight excluding hydrogens is 128 g/mol. The van der Waals surface area contributed by atoms with Gasteiger partial charge in [-0.15, -0.1) is 0 Å². The highest BCUT2D eigenvalue weighted by atomic mass is 16.3. The van der Waals surface area contributed by atoms with Crippen LogP contribution in [-0.2, 0) is 0 Å². The van der Waals surface area contributed by atoms with Crippen molar-refractivity contribution in [1.82, 2.24) is 4.90 Å². The molecule has 1 heterocycles. The molecule has 0 aromatic rings. The number of rotatable bonds is 0. The molecule has 1 rings (SSSR count). The lowest BCUT2D eigenvalue weighted by Crippen LogP contribution is -2.52. The minimum absolute atomic E-state index is 0.406. The fourth-order valence-electron chi connectivity index (χ4n) is 1.36. The molecule has 3 heteroatoms. The first-order valence-corrected chi connectivity index (χ1v) is 3.73. The molecule has 0 radical (unpaired) electrons. The molecule has 10 heavy (non-hydrogen) atoms. The van der Waals surface area contributed by atoms with Gasteiger partial charge in [-0.05, 0) is 14.0 Å². The first-order chi connectivity index (χ1) is 4.51. The van der Waals surface area contributed by atoms with Crippen molar-refractivity contribution in [2.24, 2.45) is 5.73 Å². The molecule has 3 nitrogen and oxygen atoms in total. The van der Waals surface area contributed by atoms with Crippen LogP contribution in [0.25, 0.3) is 0 Å². The third-order valence-corrected chi connectivity index (χ3v) is 2.30.